The Morgan fingerprint density at radius 1 is 1.20 bits per heavy atom. The molecule has 0 radical (unpaired) electrons. The lowest BCUT2D eigenvalue weighted by Crippen LogP contribution is -2.13. The lowest BCUT2D eigenvalue weighted by atomic mass is 10.0. The fourth-order valence-electron chi connectivity index (χ4n) is 1.54. The van der Waals surface area contributed by atoms with Crippen LogP contribution in [0.15, 0.2) is 41.5 Å². The topological polar surface area (TPSA) is 37.8 Å². The van der Waals surface area contributed by atoms with E-state index in [1.165, 1.54) is 5.56 Å². The first-order valence-corrected chi connectivity index (χ1v) is 5.05. The summed E-state index contributed by atoms with van der Waals surface area (Å²) in [5.74, 6) is 0.516. The summed E-state index contributed by atoms with van der Waals surface area (Å²) in [4.78, 5) is 14.0. The van der Waals surface area contributed by atoms with Gasteiger partial charge in [-0.15, -0.1) is 0 Å². The molecule has 3 nitrogen and oxygen atoms in total. The average Bonchev–Trinajstić information content (AvgIpc) is 2.65. The van der Waals surface area contributed by atoms with Crippen LogP contribution in [0, 0.1) is 0 Å². The molecule has 15 heavy (non-hydrogen) atoms. The lowest BCUT2D eigenvalue weighted by Gasteiger charge is -2.06. The molecule has 1 aromatic heterocycles. The van der Waals surface area contributed by atoms with Crippen molar-refractivity contribution in [2.45, 2.75) is 19.8 Å². The van der Waals surface area contributed by atoms with Crippen LogP contribution in [0.25, 0.3) is 5.69 Å². The maximum absolute atomic E-state index is 11.3. The minimum absolute atomic E-state index is 0.104. The Morgan fingerprint density at radius 2 is 1.87 bits per heavy atom. The second kappa shape index (κ2) is 3.77. The van der Waals surface area contributed by atoms with E-state index >= 15 is 0 Å². The van der Waals surface area contributed by atoms with E-state index in [1.807, 2.05) is 12.1 Å². The van der Waals surface area contributed by atoms with Crippen molar-refractivity contribution in [3.63, 3.8) is 0 Å². The van der Waals surface area contributed by atoms with Crippen molar-refractivity contribution >= 4 is 0 Å². The van der Waals surface area contributed by atoms with E-state index in [0.717, 1.165) is 5.69 Å². The van der Waals surface area contributed by atoms with Crippen molar-refractivity contribution in [2.24, 2.45) is 0 Å². The molecule has 0 saturated carbocycles. The average molecular weight is 202 g/mol. The molecular formula is C12H14N2O. The first kappa shape index (κ1) is 9.77. The molecule has 0 bridgehead atoms. The van der Waals surface area contributed by atoms with Crippen LogP contribution in [0.3, 0.4) is 0 Å². The minimum atomic E-state index is -0.104. The molecule has 0 spiro atoms. The number of rotatable bonds is 2. The minimum Gasteiger partial charge on any atom is -0.312 e. The number of H-pyrrole nitrogens is 1. The summed E-state index contributed by atoms with van der Waals surface area (Å²) in [7, 11) is 0. The number of nitrogens with one attached hydrogen (secondary N) is 1. The molecular weight excluding hydrogens is 188 g/mol. The summed E-state index contributed by atoms with van der Waals surface area (Å²) in [5, 5.41) is 0. The van der Waals surface area contributed by atoms with Gasteiger partial charge in [0.05, 0.1) is 5.69 Å². The van der Waals surface area contributed by atoms with Crippen LogP contribution in [0.4, 0.5) is 0 Å². The number of aromatic amines is 1. The van der Waals surface area contributed by atoms with Gasteiger partial charge in [-0.3, -0.25) is 4.57 Å². The van der Waals surface area contributed by atoms with Crippen molar-refractivity contribution in [1.82, 2.24) is 9.55 Å². The molecule has 0 aliphatic carbocycles. The molecule has 78 valence electrons. The van der Waals surface area contributed by atoms with E-state index in [2.05, 4.69) is 31.0 Å². The maximum atomic E-state index is 11.3. The Bertz CT molecular complexity index is 491. The van der Waals surface area contributed by atoms with Gasteiger partial charge in [0.1, 0.15) is 0 Å². The molecule has 0 saturated heterocycles. The van der Waals surface area contributed by atoms with Crippen molar-refractivity contribution in [2.75, 3.05) is 0 Å². The summed E-state index contributed by atoms with van der Waals surface area (Å²) in [5.41, 5.74) is 2.07. The predicted molar refractivity (Wildman–Crippen MR) is 60.5 cm³/mol. The van der Waals surface area contributed by atoms with Gasteiger partial charge in [-0.05, 0) is 23.6 Å². The Morgan fingerprint density at radius 3 is 2.33 bits per heavy atom. The van der Waals surface area contributed by atoms with Gasteiger partial charge >= 0.3 is 5.69 Å². The molecule has 0 amide bonds. The van der Waals surface area contributed by atoms with Crippen LogP contribution in [0.5, 0.6) is 0 Å². The molecule has 1 N–H and O–H groups in total. The van der Waals surface area contributed by atoms with Crippen molar-refractivity contribution in [3.05, 3.63) is 52.7 Å². The number of hydrogen-bond donors (Lipinski definition) is 1. The summed E-state index contributed by atoms with van der Waals surface area (Å²) in [6.07, 6.45) is 3.37. The van der Waals surface area contributed by atoms with Gasteiger partial charge in [0.2, 0.25) is 0 Å². The molecule has 2 rings (SSSR count). The highest BCUT2D eigenvalue weighted by Gasteiger charge is 2.01. The summed E-state index contributed by atoms with van der Waals surface area (Å²) < 4.78 is 1.59. The van der Waals surface area contributed by atoms with Crippen molar-refractivity contribution in [1.29, 1.82) is 0 Å². The number of imidazole rings is 1. The Balaban J connectivity index is 2.40. The smallest absolute Gasteiger partial charge is 0.312 e. The molecule has 0 unspecified atom stereocenters. The zero-order valence-electron chi connectivity index (χ0n) is 8.90. The zero-order valence-corrected chi connectivity index (χ0v) is 8.90. The van der Waals surface area contributed by atoms with Gasteiger partial charge in [0.15, 0.2) is 0 Å². The summed E-state index contributed by atoms with van der Waals surface area (Å²) >= 11 is 0. The highest BCUT2D eigenvalue weighted by atomic mass is 16.1. The standard InChI is InChI=1S/C12H14N2O/c1-9(2)10-3-5-11(6-4-10)14-8-7-13-12(14)15/h3-9H,1-2H3,(H,13,15). The third-order valence-corrected chi connectivity index (χ3v) is 2.49. The van der Waals surface area contributed by atoms with Gasteiger partial charge < -0.3 is 4.98 Å². The molecule has 0 fully saturated rings. The molecule has 3 heteroatoms. The number of hydrogen-bond acceptors (Lipinski definition) is 1. The van der Waals surface area contributed by atoms with Crippen molar-refractivity contribution in [3.8, 4) is 5.69 Å². The Hall–Kier alpha value is -1.77. The van der Waals surface area contributed by atoms with E-state index in [9.17, 15) is 4.79 Å². The zero-order chi connectivity index (χ0) is 10.8. The van der Waals surface area contributed by atoms with E-state index in [1.54, 1.807) is 17.0 Å². The fourth-order valence-corrected chi connectivity index (χ4v) is 1.54. The quantitative estimate of drug-likeness (QED) is 0.797. The van der Waals surface area contributed by atoms with E-state index in [0.29, 0.717) is 5.92 Å². The Labute approximate surface area is 88.4 Å². The monoisotopic (exact) mass is 202 g/mol. The number of aromatic nitrogens is 2. The molecule has 0 aliphatic rings. The normalized spacial score (nSPS) is 10.9. The third kappa shape index (κ3) is 1.86. The SMILES string of the molecule is CC(C)c1ccc(-n2cc[nH]c2=O)cc1. The second-order valence-corrected chi connectivity index (χ2v) is 3.88. The summed E-state index contributed by atoms with van der Waals surface area (Å²) in [6, 6.07) is 8.04. The van der Waals surface area contributed by atoms with Gasteiger partial charge in [0.25, 0.3) is 0 Å². The van der Waals surface area contributed by atoms with Crippen LogP contribution in [-0.4, -0.2) is 9.55 Å². The van der Waals surface area contributed by atoms with E-state index in [4.69, 9.17) is 0 Å². The van der Waals surface area contributed by atoms with E-state index < -0.39 is 0 Å². The molecule has 1 aromatic carbocycles. The maximum Gasteiger partial charge on any atom is 0.330 e. The lowest BCUT2D eigenvalue weighted by molar-refractivity contribution is 0.864. The highest BCUT2D eigenvalue weighted by Crippen LogP contribution is 2.15. The van der Waals surface area contributed by atoms with Gasteiger partial charge in [-0.2, -0.15) is 0 Å². The van der Waals surface area contributed by atoms with Gasteiger partial charge in [-0.25, -0.2) is 4.79 Å². The third-order valence-electron chi connectivity index (χ3n) is 2.49. The van der Waals surface area contributed by atoms with Gasteiger partial charge in [0, 0.05) is 12.4 Å². The van der Waals surface area contributed by atoms with E-state index in [-0.39, 0.29) is 5.69 Å². The van der Waals surface area contributed by atoms with Crippen LogP contribution in [0.1, 0.15) is 25.3 Å². The molecule has 0 aliphatic heterocycles. The van der Waals surface area contributed by atoms with Crippen LogP contribution in [-0.2, 0) is 0 Å². The second-order valence-electron chi connectivity index (χ2n) is 3.88. The van der Waals surface area contributed by atoms with Crippen molar-refractivity contribution < 1.29 is 0 Å². The largest absolute Gasteiger partial charge is 0.330 e. The molecule has 0 atom stereocenters. The highest BCUT2D eigenvalue weighted by molar-refractivity contribution is 5.35. The number of nitrogens with zero attached hydrogens (tertiary/aromatic N) is 1. The molecule has 1 heterocycles. The first-order chi connectivity index (χ1) is 7.18. The van der Waals surface area contributed by atoms with Gasteiger partial charge in [-0.1, -0.05) is 26.0 Å². The van der Waals surface area contributed by atoms with Crippen LogP contribution < -0.4 is 5.69 Å². The number of benzene rings is 1. The molecule has 2 aromatic rings. The van der Waals surface area contributed by atoms with Crippen LogP contribution >= 0.6 is 0 Å². The predicted octanol–water partition coefficient (Wildman–Crippen LogP) is 2.29. The fraction of sp³-hybridized carbons (Fsp3) is 0.250. The van der Waals surface area contributed by atoms with Crippen LogP contribution in [0.2, 0.25) is 0 Å². The summed E-state index contributed by atoms with van der Waals surface area (Å²) in [6.45, 7) is 4.30. The Kier molecular flexibility index (Phi) is 2.46. The first-order valence-electron chi connectivity index (χ1n) is 5.05.